The van der Waals surface area contributed by atoms with Gasteiger partial charge in [-0.15, -0.1) is 0 Å². The molecular formula is C27H25B6F3O8S. The second-order valence-electron chi connectivity index (χ2n) is 10.2. The average molecular weight is 631 g/mol. The number of rotatable bonds is 15. The molecule has 2 atom stereocenters. The van der Waals surface area contributed by atoms with E-state index in [4.69, 9.17) is 56.4 Å². The minimum absolute atomic E-state index is 0.0409. The van der Waals surface area contributed by atoms with E-state index in [9.17, 15) is 36.0 Å². The van der Waals surface area contributed by atoms with E-state index in [0.29, 0.717) is 29.2 Å². The van der Waals surface area contributed by atoms with Crippen molar-refractivity contribution in [2.45, 2.75) is 63.5 Å². The Morgan fingerprint density at radius 2 is 1.20 bits per heavy atom. The maximum atomic E-state index is 13.9. The quantitative estimate of drug-likeness (QED) is 0.101. The predicted molar refractivity (Wildman–Crippen MR) is 164 cm³/mol. The van der Waals surface area contributed by atoms with Crippen LogP contribution in [-0.4, -0.2) is 95.8 Å². The van der Waals surface area contributed by atoms with Crippen molar-refractivity contribution in [3.63, 3.8) is 0 Å². The van der Waals surface area contributed by atoms with Crippen LogP contribution in [0.15, 0.2) is 24.3 Å². The smallest absolute Gasteiger partial charge is 0.426 e. The molecule has 8 nitrogen and oxygen atoms in total. The monoisotopic (exact) mass is 632 g/mol. The lowest BCUT2D eigenvalue weighted by atomic mass is 9.77. The van der Waals surface area contributed by atoms with Crippen molar-refractivity contribution in [2.24, 2.45) is 5.41 Å². The number of alkyl halides is 3. The van der Waals surface area contributed by atoms with Crippen molar-refractivity contribution in [1.29, 1.82) is 0 Å². The van der Waals surface area contributed by atoms with Gasteiger partial charge in [0.15, 0.2) is 5.78 Å². The van der Waals surface area contributed by atoms with Gasteiger partial charge in [0.05, 0.1) is 47.1 Å². The van der Waals surface area contributed by atoms with Crippen LogP contribution < -0.4 is 4.74 Å². The molecule has 0 saturated heterocycles. The summed E-state index contributed by atoms with van der Waals surface area (Å²) < 4.78 is 82.6. The highest BCUT2D eigenvalue weighted by Crippen LogP contribution is 2.34. The second kappa shape index (κ2) is 15.6. The van der Waals surface area contributed by atoms with Gasteiger partial charge in [-0.05, 0) is 23.6 Å². The normalized spacial score (nSPS) is 13.9. The molecule has 0 fully saturated rings. The van der Waals surface area contributed by atoms with Gasteiger partial charge in [-0.3, -0.25) is 14.1 Å². The minimum Gasteiger partial charge on any atom is -0.450 e. The van der Waals surface area contributed by atoms with Crippen molar-refractivity contribution in [1.82, 2.24) is 0 Å². The summed E-state index contributed by atoms with van der Waals surface area (Å²) in [4.78, 5) is 41.1. The number of benzene rings is 2. The van der Waals surface area contributed by atoms with Crippen LogP contribution in [0.1, 0.15) is 45.9 Å². The molecule has 0 heterocycles. The first-order valence-corrected chi connectivity index (χ1v) is 15.0. The summed E-state index contributed by atoms with van der Waals surface area (Å²) in [7, 11) is 29.3. The second-order valence-corrected chi connectivity index (χ2v) is 11.7. The third kappa shape index (κ3) is 9.34. The fourth-order valence-electron chi connectivity index (χ4n) is 4.43. The Bertz CT molecular complexity index is 1410. The third-order valence-electron chi connectivity index (χ3n) is 7.03. The topological polar surface area (TPSA) is 124 Å². The highest BCUT2D eigenvalue weighted by Gasteiger charge is 2.55. The van der Waals surface area contributed by atoms with Crippen LogP contribution in [0.4, 0.5) is 13.2 Å². The number of halogens is 3. The molecule has 2 aromatic rings. The molecule has 18 heteroatoms. The molecule has 0 bridgehead atoms. The molecule has 0 amide bonds. The van der Waals surface area contributed by atoms with Gasteiger partial charge in [0.2, 0.25) is 11.5 Å². The van der Waals surface area contributed by atoms with Crippen molar-refractivity contribution in [2.75, 3.05) is 5.75 Å². The number of ketones is 1. The van der Waals surface area contributed by atoms with Gasteiger partial charge >= 0.3 is 18.1 Å². The van der Waals surface area contributed by atoms with Gasteiger partial charge in [0.1, 0.15) is 11.5 Å². The highest BCUT2D eigenvalue weighted by atomic mass is 32.2. The van der Waals surface area contributed by atoms with Crippen LogP contribution in [0.3, 0.4) is 0 Å². The first kappa shape index (κ1) is 38.3. The van der Waals surface area contributed by atoms with E-state index in [2.05, 4.69) is 4.74 Å². The fraction of sp³-hybridized carbons (Fsp3) is 0.444. The van der Waals surface area contributed by atoms with Crippen LogP contribution in [0.25, 0.3) is 0 Å². The Morgan fingerprint density at radius 3 is 1.56 bits per heavy atom. The van der Waals surface area contributed by atoms with E-state index in [1.54, 1.807) is 12.1 Å². The molecule has 2 unspecified atom stereocenters. The Hall–Kier alpha value is -2.86. The Labute approximate surface area is 268 Å². The number of carbonyl (C=O) groups is 3. The fourth-order valence-corrected chi connectivity index (χ4v) is 5.07. The van der Waals surface area contributed by atoms with Gasteiger partial charge < -0.3 is 9.47 Å². The molecule has 2 aromatic carbocycles. The molecule has 0 aliphatic rings. The zero-order valence-electron chi connectivity index (χ0n) is 24.4. The lowest BCUT2D eigenvalue weighted by Crippen LogP contribution is -2.51. The van der Waals surface area contributed by atoms with Gasteiger partial charge in [-0.2, -0.15) is 21.6 Å². The molecule has 226 valence electrons. The molecule has 1 N–H and O–H groups in total. The van der Waals surface area contributed by atoms with Gasteiger partial charge in [-0.1, -0.05) is 84.4 Å². The molecular weight excluding hydrogens is 606 g/mol. The van der Waals surface area contributed by atoms with Gasteiger partial charge in [-0.25, -0.2) is 4.79 Å². The number of Topliss-reactive ketones (excluding diaryl/α,β-unsaturated/α-hetero) is 1. The SMILES string of the molecule is [B]Cc1cc(C[B])c(CC(=O)C(C)(C(=O)Oc2c(C[B])cc(C[B])cc2C[B])C(=O)OC(CS(=O)(=O)O)C(F)(F)F)c(C[B])c1. The maximum Gasteiger partial charge on any atom is 0.426 e. The summed E-state index contributed by atoms with van der Waals surface area (Å²) in [5, 5.41) is 0. The van der Waals surface area contributed by atoms with E-state index in [1.165, 1.54) is 12.1 Å². The van der Waals surface area contributed by atoms with Crippen LogP contribution in [0.5, 0.6) is 5.75 Å². The average Bonchev–Trinajstić information content (AvgIpc) is 2.98. The lowest BCUT2D eigenvalue weighted by molar-refractivity contribution is -0.221. The largest absolute Gasteiger partial charge is 0.450 e. The van der Waals surface area contributed by atoms with Crippen molar-refractivity contribution in [3.8, 4) is 5.75 Å². The number of ether oxygens (including phenoxy) is 2. The number of hydrogen-bond acceptors (Lipinski definition) is 7. The highest BCUT2D eigenvalue weighted by molar-refractivity contribution is 7.85. The minimum atomic E-state index is -5.53. The summed E-state index contributed by atoms with van der Waals surface area (Å²) in [5.74, 6) is -7.47. The van der Waals surface area contributed by atoms with E-state index in [-0.39, 0.29) is 60.4 Å². The first-order chi connectivity index (χ1) is 20.9. The Balaban J connectivity index is 2.74. The van der Waals surface area contributed by atoms with Crippen LogP contribution >= 0.6 is 0 Å². The summed E-state index contributed by atoms with van der Waals surface area (Å²) in [6.07, 6.45) is -10.4. The van der Waals surface area contributed by atoms with Crippen LogP contribution in [0.2, 0.25) is 0 Å². The van der Waals surface area contributed by atoms with Gasteiger partial charge in [0, 0.05) is 6.42 Å². The van der Waals surface area contributed by atoms with Crippen molar-refractivity contribution >= 4 is 74.9 Å². The van der Waals surface area contributed by atoms with Gasteiger partial charge in [0.25, 0.3) is 10.1 Å². The first-order valence-electron chi connectivity index (χ1n) is 13.4. The number of esters is 2. The Kier molecular flexibility index (Phi) is 13.3. The van der Waals surface area contributed by atoms with E-state index in [1.807, 2.05) is 0 Å². The maximum absolute atomic E-state index is 13.9. The van der Waals surface area contributed by atoms with Crippen molar-refractivity contribution < 1.29 is 50.0 Å². The predicted octanol–water partition coefficient (Wildman–Crippen LogP) is 0.783. The zero-order chi connectivity index (χ0) is 34.3. The molecule has 0 aliphatic carbocycles. The molecule has 0 aliphatic heterocycles. The van der Waals surface area contributed by atoms with E-state index < -0.39 is 57.7 Å². The summed E-state index contributed by atoms with van der Waals surface area (Å²) in [5.41, 5.74) is -0.792. The number of hydrogen-bond donors (Lipinski definition) is 1. The Morgan fingerprint density at radius 1 is 0.778 bits per heavy atom. The summed E-state index contributed by atoms with van der Waals surface area (Å²) in [6.45, 7) is 0.665. The van der Waals surface area contributed by atoms with E-state index in [0.717, 1.165) is 0 Å². The zero-order valence-corrected chi connectivity index (χ0v) is 25.2. The van der Waals surface area contributed by atoms with Crippen LogP contribution in [0, 0.1) is 5.41 Å². The third-order valence-corrected chi connectivity index (χ3v) is 7.75. The molecule has 45 heavy (non-hydrogen) atoms. The summed E-state index contributed by atoms with van der Waals surface area (Å²) in [6, 6.07) is 6.04. The summed E-state index contributed by atoms with van der Waals surface area (Å²) >= 11 is 0. The number of carbonyl (C=O) groups excluding carboxylic acids is 3. The molecule has 0 saturated carbocycles. The standard InChI is InChI=1S/C27H25B6F3O8S/c1-26(24(38)43-22(27(34,35)36)13-45(40,41)42,21(37)6-20-16(9-30)2-14(7-28)3-17(20)10-31)25(39)44-23-18(11-32)4-15(8-29)5-19(23)12-33/h2-5,22H,6-13H2,1H3,(H,40,41,42). The van der Waals surface area contributed by atoms with E-state index >= 15 is 0 Å². The van der Waals surface area contributed by atoms with Crippen molar-refractivity contribution in [3.05, 3.63) is 63.2 Å². The molecule has 0 aromatic heterocycles. The van der Waals surface area contributed by atoms with Crippen LogP contribution in [-0.2, 0) is 73.6 Å². The molecule has 0 spiro atoms. The molecule has 12 radical (unpaired) electrons. The lowest BCUT2D eigenvalue weighted by Gasteiger charge is -2.29. The molecule has 2 rings (SSSR count).